The minimum atomic E-state index is -3.70. The Morgan fingerprint density at radius 1 is 1.50 bits per heavy atom. The van der Waals surface area contributed by atoms with E-state index in [9.17, 15) is 13.2 Å². The van der Waals surface area contributed by atoms with Crippen molar-refractivity contribution in [2.45, 2.75) is 31.3 Å². The number of carboxylic acids is 1. The van der Waals surface area contributed by atoms with E-state index in [1.807, 2.05) is 6.92 Å². The molecule has 1 atom stereocenters. The highest BCUT2D eigenvalue weighted by Crippen LogP contribution is 2.10. The molecule has 0 amide bonds. The number of aromatic carboxylic acids is 1. The van der Waals surface area contributed by atoms with Gasteiger partial charge in [0.25, 0.3) is 10.0 Å². The van der Waals surface area contributed by atoms with Crippen molar-refractivity contribution in [1.82, 2.24) is 9.71 Å². The molecule has 0 aromatic carbocycles. The van der Waals surface area contributed by atoms with Crippen molar-refractivity contribution in [2.24, 2.45) is 0 Å². The van der Waals surface area contributed by atoms with E-state index in [0.29, 0.717) is 0 Å². The zero-order valence-electron chi connectivity index (χ0n) is 11.4. The Labute approximate surface area is 123 Å². The van der Waals surface area contributed by atoms with Crippen LogP contribution in [-0.4, -0.2) is 42.0 Å². The van der Waals surface area contributed by atoms with Crippen molar-refractivity contribution < 1.29 is 18.3 Å². The summed E-state index contributed by atoms with van der Waals surface area (Å²) in [6.07, 6.45) is 1.76. The zero-order chi connectivity index (χ0) is 15.2. The van der Waals surface area contributed by atoms with Gasteiger partial charge in [-0.05, 0) is 37.0 Å². The molecule has 0 saturated carbocycles. The van der Waals surface area contributed by atoms with Crippen molar-refractivity contribution in [3.05, 3.63) is 23.9 Å². The summed E-state index contributed by atoms with van der Waals surface area (Å²) in [7, 11) is -3.70. The first kappa shape index (κ1) is 16.9. The highest BCUT2D eigenvalue weighted by atomic mass is 32.2. The van der Waals surface area contributed by atoms with Crippen molar-refractivity contribution in [1.29, 1.82) is 0 Å². The Morgan fingerprint density at radius 2 is 2.20 bits per heavy atom. The lowest BCUT2D eigenvalue weighted by Crippen LogP contribution is -2.33. The van der Waals surface area contributed by atoms with Crippen LogP contribution in [0.25, 0.3) is 0 Å². The van der Waals surface area contributed by atoms with Gasteiger partial charge in [0.1, 0.15) is 0 Å². The summed E-state index contributed by atoms with van der Waals surface area (Å²) in [5.41, 5.74) is -0.0451. The number of pyridine rings is 1. The predicted octanol–water partition coefficient (Wildman–Crippen LogP) is 1.59. The van der Waals surface area contributed by atoms with Gasteiger partial charge < -0.3 is 5.11 Å². The molecule has 0 aliphatic heterocycles. The first-order valence-electron chi connectivity index (χ1n) is 6.16. The van der Waals surface area contributed by atoms with Crippen LogP contribution in [-0.2, 0) is 10.0 Å². The average Bonchev–Trinajstić information content (AvgIpc) is 2.38. The molecule has 0 radical (unpaired) electrons. The Hall–Kier alpha value is -1.12. The molecule has 1 heterocycles. The van der Waals surface area contributed by atoms with E-state index in [1.165, 1.54) is 12.1 Å². The summed E-state index contributed by atoms with van der Waals surface area (Å²) in [5, 5.41) is 8.57. The lowest BCUT2D eigenvalue weighted by atomic mass is 10.3. The van der Waals surface area contributed by atoms with E-state index in [-0.39, 0.29) is 16.6 Å². The van der Waals surface area contributed by atoms with Crippen LogP contribution in [0.5, 0.6) is 0 Å². The highest BCUT2D eigenvalue weighted by molar-refractivity contribution is 7.99. The molecule has 0 fully saturated rings. The number of carbonyl (C=O) groups is 1. The maximum atomic E-state index is 12.0. The summed E-state index contributed by atoms with van der Waals surface area (Å²) in [4.78, 5) is 14.4. The molecule has 8 heteroatoms. The number of sulfonamides is 1. The van der Waals surface area contributed by atoms with E-state index in [1.54, 1.807) is 18.7 Å². The van der Waals surface area contributed by atoms with Crippen LogP contribution < -0.4 is 4.72 Å². The number of thioether (sulfide) groups is 1. The third-order valence-electron chi connectivity index (χ3n) is 2.51. The molecule has 1 aromatic heterocycles. The quantitative estimate of drug-likeness (QED) is 0.707. The fraction of sp³-hybridized carbons (Fsp3) is 0.500. The lowest BCUT2D eigenvalue weighted by molar-refractivity contribution is 0.0696. The molecule has 1 rings (SSSR count). The van der Waals surface area contributed by atoms with Gasteiger partial charge in [-0.15, -0.1) is 0 Å². The van der Waals surface area contributed by atoms with Crippen LogP contribution in [0.4, 0.5) is 0 Å². The minimum absolute atomic E-state index is 0.0451. The molecule has 0 bridgehead atoms. The number of carboxylic acid groups (broad SMARTS) is 1. The van der Waals surface area contributed by atoms with Crippen LogP contribution in [0.2, 0.25) is 0 Å². The zero-order valence-corrected chi connectivity index (χ0v) is 13.0. The predicted molar refractivity (Wildman–Crippen MR) is 78.6 cm³/mol. The fourth-order valence-electron chi connectivity index (χ4n) is 1.45. The van der Waals surface area contributed by atoms with Gasteiger partial charge in [0.15, 0.2) is 5.03 Å². The Bertz CT molecular complexity index is 543. The second kappa shape index (κ2) is 7.61. The maximum Gasteiger partial charge on any atom is 0.337 e. The molecule has 0 aliphatic rings. The number of rotatable bonds is 8. The number of nitrogens with zero attached hydrogens (tertiary/aromatic N) is 1. The average molecular weight is 318 g/mol. The van der Waals surface area contributed by atoms with Crippen molar-refractivity contribution in [3.8, 4) is 0 Å². The number of hydrogen-bond donors (Lipinski definition) is 2. The van der Waals surface area contributed by atoms with Crippen LogP contribution in [0.1, 0.15) is 30.6 Å². The molecule has 0 spiro atoms. The van der Waals surface area contributed by atoms with Gasteiger partial charge in [-0.2, -0.15) is 11.8 Å². The monoisotopic (exact) mass is 318 g/mol. The third kappa shape index (κ3) is 5.10. The van der Waals surface area contributed by atoms with Gasteiger partial charge in [0.2, 0.25) is 0 Å². The normalized spacial score (nSPS) is 13.1. The number of aromatic nitrogens is 1. The van der Waals surface area contributed by atoms with Crippen molar-refractivity contribution in [3.63, 3.8) is 0 Å². The molecule has 6 nitrogen and oxygen atoms in total. The second-order valence-electron chi connectivity index (χ2n) is 4.20. The summed E-state index contributed by atoms with van der Waals surface area (Å²) in [6, 6.07) is 2.22. The van der Waals surface area contributed by atoms with Gasteiger partial charge in [-0.25, -0.2) is 22.9 Å². The molecule has 0 aliphatic carbocycles. The maximum absolute atomic E-state index is 12.0. The SMILES string of the molecule is CCSCCC(C)NS(=O)(=O)c1ccc(C(=O)O)cn1. The summed E-state index contributed by atoms with van der Waals surface area (Å²) < 4.78 is 26.6. The van der Waals surface area contributed by atoms with Gasteiger partial charge >= 0.3 is 5.97 Å². The molecule has 2 N–H and O–H groups in total. The topological polar surface area (TPSA) is 96.4 Å². The molecule has 1 unspecified atom stereocenters. The minimum Gasteiger partial charge on any atom is -0.478 e. The molecule has 0 saturated heterocycles. The smallest absolute Gasteiger partial charge is 0.337 e. The lowest BCUT2D eigenvalue weighted by Gasteiger charge is -2.13. The second-order valence-corrected chi connectivity index (χ2v) is 7.25. The van der Waals surface area contributed by atoms with E-state index in [0.717, 1.165) is 24.1 Å². The van der Waals surface area contributed by atoms with Crippen LogP contribution in [0.15, 0.2) is 23.4 Å². The Kier molecular flexibility index (Phi) is 6.44. The molecular formula is C12H18N2O4S2. The Morgan fingerprint density at radius 3 is 2.70 bits per heavy atom. The highest BCUT2D eigenvalue weighted by Gasteiger charge is 2.19. The number of nitrogens with one attached hydrogen (secondary N) is 1. The number of hydrogen-bond acceptors (Lipinski definition) is 5. The van der Waals surface area contributed by atoms with Gasteiger partial charge in [0.05, 0.1) is 5.56 Å². The van der Waals surface area contributed by atoms with E-state index in [4.69, 9.17) is 5.11 Å². The standard InChI is InChI=1S/C12H18N2O4S2/c1-3-19-7-6-9(2)14-20(17,18)11-5-4-10(8-13-11)12(15)16/h4-5,8-9,14H,3,6-7H2,1-2H3,(H,15,16). The van der Waals surface area contributed by atoms with E-state index < -0.39 is 16.0 Å². The van der Waals surface area contributed by atoms with Crippen LogP contribution >= 0.6 is 11.8 Å². The van der Waals surface area contributed by atoms with Crippen molar-refractivity contribution >= 4 is 27.8 Å². The van der Waals surface area contributed by atoms with Crippen LogP contribution in [0, 0.1) is 0 Å². The first-order chi connectivity index (χ1) is 9.36. The van der Waals surface area contributed by atoms with E-state index in [2.05, 4.69) is 9.71 Å². The van der Waals surface area contributed by atoms with E-state index >= 15 is 0 Å². The summed E-state index contributed by atoms with van der Waals surface area (Å²) >= 11 is 1.75. The van der Waals surface area contributed by atoms with Gasteiger partial charge in [-0.3, -0.25) is 0 Å². The van der Waals surface area contributed by atoms with Crippen molar-refractivity contribution in [2.75, 3.05) is 11.5 Å². The molecule has 20 heavy (non-hydrogen) atoms. The largest absolute Gasteiger partial charge is 0.478 e. The first-order valence-corrected chi connectivity index (χ1v) is 8.80. The molecule has 112 valence electrons. The Balaban J connectivity index is 2.70. The summed E-state index contributed by atoms with van der Waals surface area (Å²) in [5.74, 6) is 0.739. The van der Waals surface area contributed by atoms with Gasteiger partial charge in [-0.1, -0.05) is 6.92 Å². The van der Waals surface area contributed by atoms with Crippen LogP contribution in [0.3, 0.4) is 0 Å². The molecule has 1 aromatic rings. The summed E-state index contributed by atoms with van der Waals surface area (Å²) in [6.45, 7) is 3.84. The third-order valence-corrected chi connectivity index (χ3v) is 4.95. The fourth-order valence-corrected chi connectivity index (χ4v) is 3.47. The van der Waals surface area contributed by atoms with Gasteiger partial charge in [0, 0.05) is 12.2 Å². The molecular weight excluding hydrogens is 300 g/mol.